The van der Waals surface area contributed by atoms with Gasteiger partial charge in [-0.15, -0.1) is 0 Å². The maximum Gasteiger partial charge on any atom is 0.131 e. The first kappa shape index (κ1) is 16.3. The molecule has 0 saturated heterocycles. The molecule has 3 nitrogen and oxygen atoms in total. The molecule has 0 bridgehead atoms. The topological polar surface area (TPSA) is 42.1 Å². The first-order valence-corrected chi connectivity index (χ1v) is 8.22. The number of hydrogen-bond donors (Lipinski definition) is 1. The Balaban J connectivity index is 2.07. The summed E-state index contributed by atoms with van der Waals surface area (Å²) < 4.78 is 0. The Morgan fingerprint density at radius 3 is 2.52 bits per heavy atom. The lowest BCUT2D eigenvalue weighted by atomic mass is 9.75. The van der Waals surface area contributed by atoms with E-state index in [1.165, 1.54) is 36.8 Å². The molecule has 3 heteroatoms. The molecule has 1 atom stereocenters. The Labute approximate surface area is 129 Å². The molecule has 0 aliphatic heterocycles. The van der Waals surface area contributed by atoms with Crippen molar-refractivity contribution in [2.75, 3.05) is 11.9 Å². The number of nitrogens with two attached hydrogens (primary N) is 1. The third-order valence-corrected chi connectivity index (χ3v) is 4.86. The average molecular weight is 289 g/mol. The van der Waals surface area contributed by atoms with Crippen LogP contribution < -0.4 is 10.6 Å². The Bertz CT molecular complexity index is 469. The lowest BCUT2D eigenvalue weighted by molar-refractivity contribution is 0.222. The number of rotatable bonds is 4. The molecule has 1 aromatic heterocycles. The van der Waals surface area contributed by atoms with Gasteiger partial charge < -0.3 is 10.6 Å². The quantitative estimate of drug-likeness (QED) is 0.919. The van der Waals surface area contributed by atoms with Crippen LogP contribution in [0.25, 0.3) is 0 Å². The van der Waals surface area contributed by atoms with Crippen molar-refractivity contribution < 1.29 is 0 Å². The van der Waals surface area contributed by atoms with E-state index in [1.54, 1.807) is 0 Å². The third-order valence-electron chi connectivity index (χ3n) is 4.86. The van der Waals surface area contributed by atoms with Gasteiger partial charge in [-0.05, 0) is 62.5 Å². The Morgan fingerprint density at radius 2 is 2.00 bits per heavy atom. The van der Waals surface area contributed by atoms with E-state index < -0.39 is 0 Å². The van der Waals surface area contributed by atoms with Gasteiger partial charge in [0.25, 0.3) is 0 Å². The van der Waals surface area contributed by atoms with Crippen molar-refractivity contribution in [3.05, 3.63) is 23.4 Å². The highest BCUT2D eigenvalue weighted by molar-refractivity contribution is 5.47. The van der Waals surface area contributed by atoms with Crippen molar-refractivity contribution in [2.45, 2.75) is 71.9 Å². The molecule has 1 heterocycles. The van der Waals surface area contributed by atoms with Crippen LogP contribution in [-0.2, 0) is 6.42 Å². The highest BCUT2D eigenvalue weighted by atomic mass is 15.2. The average Bonchev–Trinajstić information content (AvgIpc) is 2.37. The van der Waals surface area contributed by atoms with E-state index in [0.717, 1.165) is 12.2 Å². The minimum Gasteiger partial charge on any atom is -0.356 e. The van der Waals surface area contributed by atoms with Gasteiger partial charge in [-0.1, -0.05) is 19.9 Å². The molecular formula is C18H31N3. The summed E-state index contributed by atoms with van der Waals surface area (Å²) in [5.74, 6) is 1.13. The van der Waals surface area contributed by atoms with Gasteiger partial charge in [-0.2, -0.15) is 0 Å². The smallest absolute Gasteiger partial charge is 0.131 e. The lowest BCUT2D eigenvalue weighted by Crippen LogP contribution is -2.38. The van der Waals surface area contributed by atoms with Crippen LogP contribution in [0.5, 0.6) is 0 Å². The molecule has 0 amide bonds. The SMILES string of the molecule is Cc1cc(CC(C)N)cnc1N(C)C1CCC(C)(C)CC1. The lowest BCUT2D eigenvalue weighted by Gasteiger charge is -2.39. The summed E-state index contributed by atoms with van der Waals surface area (Å²) in [6, 6.07) is 3.06. The normalized spacial score (nSPS) is 20.3. The van der Waals surface area contributed by atoms with E-state index in [2.05, 4.69) is 38.8 Å². The minimum atomic E-state index is 0.190. The monoisotopic (exact) mass is 289 g/mol. The number of pyridine rings is 1. The predicted molar refractivity (Wildman–Crippen MR) is 90.8 cm³/mol. The number of nitrogens with zero attached hydrogens (tertiary/aromatic N) is 2. The summed E-state index contributed by atoms with van der Waals surface area (Å²) in [5.41, 5.74) is 8.90. The van der Waals surface area contributed by atoms with Crippen molar-refractivity contribution in [3.63, 3.8) is 0 Å². The van der Waals surface area contributed by atoms with Gasteiger partial charge in [-0.3, -0.25) is 0 Å². The molecule has 2 N–H and O–H groups in total. The third kappa shape index (κ3) is 4.19. The standard InChI is InChI=1S/C18H31N3/c1-13-10-15(11-14(2)19)12-20-17(13)21(5)16-6-8-18(3,4)9-7-16/h10,12,14,16H,6-9,11,19H2,1-5H3. The fraction of sp³-hybridized carbons (Fsp3) is 0.722. The fourth-order valence-electron chi connectivity index (χ4n) is 3.42. The highest BCUT2D eigenvalue weighted by Gasteiger charge is 2.29. The molecule has 0 spiro atoms. The summed E-state index contributed by atoms with van der Waals surface area (Å²) >= 11 is 0. The van der Waals surface area contributed by atoms with Crippen LogP contribution in [0.4, 0.5) is 5.82 Å². The van der Waals surface area contributed by atoms with Crippen molar-refractivity contribution in [2.24, 2.45) is 11.1 Å². The van der Waals surface area contributed by atoms with Crippen LogP contribution in [-0.4, -0.2) is 24.1 Å². The van der Waals surface area contributed by atoms with E-state index >= 15 is 0 Å². The van der Waals surface area contributed by atoms with Crippen LogP contribution >= 0.6 is 0 Å². The zero-order chi connectivity index (χ0) is 15.6. The molecular weight excluding hydrogens is 258 g/mol. The zero-order valence-electron chi connectivity index (χ0n) is 14.3. The van der Waals surface area contributed by atoms with E-state index in [4.69, 9.17) is 10.7 Å². The van der Waals surface area contributed by atoms with Crippen LogP contribution in [0.1, 0.15) is 57.6 Å². The molecule has 1 aliphatic rings. The van der Waals surface area contributed by atoms with Gasteiger partial charge in [-0.25, -0.2) is 4.98 Å². The molecule has 118 valence electrons. The van der Waals surface area contributed by atoms with Crippen LogP contribution in [0.15, 0.2) is 12.3 Å². The molecule has 1 saturated carbocycles. The fourth-order valence-corrected chi connectivity index (χ4v) is 3.42. The highest BCUT2D eigenvalue weighted by Crippen LogP contribution is 2.37. The largest absolute Gasteiger partial charge is 0.356 e. The predicted octanol–water partition coefficient (Wildman–Crippen LogP) is 3.68. The first-order chi connectivity index (χ1) is 9.78. The maximum absolute atomic E-state index is 5.88. The van der Waals surface area contributed by atoms with Gasteiger partial charge in [0.2, 0.25) is 0 Å². The van der Waals surface area contributed by atoms with E-state index in [0.29, 0.717) is 11.5 Å². The molecule has 1 aliphatic carbocycles. The Kier molecular flexibility index (Phi) is 4.92. The summed E-state index contributed by atoms with van der Waals surface area (Å²) in [6.07, 6.45) is 8.05. The van der Waals surface area contributed by atoms with Gasteiger partial charge in [0, 0.05) is 25.3 Å². The van der Waals surface area contributed by atoms with Crippen molar-refractivity contribution in [3.8, 4) is 0 Å². The summed E-state index contributed by atoms with van der Waals surface area (Å²) in [4.78, 5) is 7.10. The molecule has 21 heavy (non-hydrogen) atoms. The number of hydrogen-bond acceptors (Lipinski definition) is 3. The minimum absolute atomic E-state index is 0.190. The van der Waals surface area contributed by atoms with Crippen LogP contribution in [0, 0.1) is 12.3 Å². The Morgan fingerprint density at radius 1 is 1.38 bits per heavy atom. The van der Waals surface area contributed by atoms with Crippen molar-refractivity contribution in [1.82, 2.24) is 4.98 Å². The zero-order valence-corrected chi connectivity index (χ0v) is 14.3. The number of anilines is 1. The summed E-state index contributed by atoms with van der Waals surface area (Å²) in [6.45, 7) is 8.97. The number of aryl methyl sites for hydroxylation is 1. The second-order valence-corrected chi connectivity index (χ2v) is 7.67. The molecule has 1 fully saturated rings. The molecule has 2 rings (SSSR count). The maximum atomic E-state index is 5.88. The molecule has 1 unspecified atom stereocenters. The molecule has 1 aromatic rings. The van der Waals surface area contributed by atoms with Crippen molar-refractivity contribution >= 4 is 5.82 Å². The van der Waals surface area contributed by atoms with E-state index in [1.807, 2.05) is 13.1 Å². The molecule has 0 aromatic carbocycles. The number of aromatic nitrogens is 1. The second-order valence-electron chi connectivity index (χ2n) is 7.67. The second kappa shape index (κ2) is 6.35. The summed E-state index contributed by atoms with van der Waals surface area (Å²) in [5, 5.41) is 0. The summed E-state index contributed by atoms with van der Waals surface area (Å²) in [7, 11) is 2.20. The van der Waals surface area contributed by atoms with Crippen molar-refractivity contribution in [1.29, 1.82) is 0 Å². The van der Waals surface area contributed by atoms with E-state index in [-0.39, 0.29) is 6.04 Å². The van der Waals surface area contributed by atoms with Gasteiger partial charge in [0.05, 0.1) is 0 Å². The van der Waals surface area contributed by atoms with Crippen LogP contribution in [0.3, 0.4) is 0 Å². The van der Waals surface area contributed by atoms with Crippen LogP contribution in [0.2, 0.25) is 0 Å². The first-order valence-electron chi connectivity index (χ1n) is 8.22. The molecule has 0 radical (unpaired) electrons. The van der Waals surface area contributed by atoms with Gasteiger partial charge in [0.15, 0.2) is 0 Å². The Hall–Kier alpha value is -1.09. The van der Waals surface area contributed by atoms with Gasteiger partial charge in [0.1, 0.15) is 5.82 Å². The van der Waals surface area contributed by atoms with E-state index in [9.17, 15) is 0 Å². The van der Waals surface area contributed by atoms with Gasteiger partial charge >= 0.3 is 0 Å².